The molecule has 2 aromatic rings. The monoisotopic (exact) mass is 406 g/mol. The summed E-state index contributed by atoms with van der Waals surface area (Å²) < 4.78 is 27.2. The van der Waals surface area contributed by atoms with Gasteiger partial charge in [-0.25, -0.2) is 8.42 Å². The van der Waals surface area contributed by atoms with Crippen LogP contribution in [0.1, 0.15) is 40.7 Å². The van der Waals surface area contributed by atoms with E-state index in [1.165, 1.54) is 16.4 Å². The lowest BCUT2D eigenvalue weighted by molar-refractivity contribution is 0.102. The molecule has 3 rings (SSSR count). The maximum atomic E-state index is 12.8. The molecule has 1 aliphatic rings. The number of carbonyl (C=O) groups is 1. The van der Waals surface area contributed by atoms with Crippen molar-refractivity contribution in [3.63, 3.8) is 0 Å². The molecule has 0 unspecified atom stereocenters. The van der Waals surface area contributed by atoms with Crippen LogP contribution >= 0.6 is 11.6 Å². The first-order valence-corrected chi connectivity index (χ1v) is 10.8. The minimum Gasteiger partial charge on any atom is -0.320 e. The summed E-state index contributed by atoms with van der Waals surface area (Å²) in [5, 5.41) is 3.26. The van der Waals surface area contributed by atoms with E-state index in [2.05, 4.69) is 5.32 Å². The Morgan fingerprint density at radius 2 is 1.78 bits per heavy atom. The first kappa shape index (κ1) is 19.9. The van der Waals surface area contributed by atoms with Gasteiger partial charge in [0.2, 0.25) is 10.0 Å². The molecule has 7 heteroatoms. The Balaban J connectivity index is 1.86. The summed E-state index contributed by atoms with van der Waals surface area (Å²) in [7, 11) is -3.59. The molecule has 0 spiro atoms. The molecule has 1 aliphatic heterocycles. The van der Waals surface area contributed by atoms with Gasteiger partial charge in [0, 0.05) is 18.7 Å². The van der Waals surface area contributed by atoms with E-state index < -0.39 is 10.0 Å². The third kappa shape index (κ3) is 4.34. The number of nitrogens with one attached hydrogen (secondary N) is 1. The summed E-state index contributed by atoms with van der Waals surface area (Å²) in [5.74, 6) is -0.389. The molecule has 144 valence electrons. The Labute approximate surface area is 165 Å². The van der Waals surface area contributed by atoms with Crippen molar-refractivity contribution in [2.75, 3.05) is 18.4 Å². The summed E-state index contributed by atoms with van der Waals surface area (Å²) in [5.41, 5.74) is 2.68. The quantitative estimate of drug-likeness (QED) is 0.819. The lowest BCUT2D eigenvalue weighted by Gasteiger charge is -2.26. The number of sulfonamides is 1. The van der Waals surface area contributed by atoms with Crippen molar-refractivity contribution in [1.82, 2.24) is 4.31 Å². The molecule has 0 bridgehead atoms. The van der Waals surface area contributed by atoms with E-state index in [-0.39, 0.29) is 16.4 Å². The maximum Gasteiger partial charge on any atom is 0.255 e. The predicted molar refractivity (Wildman–Crippen MR) is 108 cm³/mol. The minimum atomic E-state index is -3.59. The zero-order valence-electron chi connectivity index (χ0n) is 15.5. The molecular formula is C20H23ClN2O3S. The lowest BCUT2D eigenvalue weighted by Crippen LogP contribution is -2.35. The van der Waals surface area contributed by atoms with Crippen molar-refractivity contribution < 1.29 is 13.2 Å². The van der Waals surface area contributed by atoms with Crippen molar-refractivity contribution in [1.29, 1.82) is 0 Å². The number of piperidine rings is 1. The smallest absolute Gasteiger partial charge is 0.255 e. The number of rotatable bonds is 4. The van der Waals surface area contributed by atoms with Crippen LogP contribution in [0.15, 0.2) is 41.3 Å². The number of hydrogen-bond acceptors (Lipinski definition) is 3. The lowest BCUT2D eigenvalue weighted by atomic mass is 10.1. The fourth-order valence-electron chi connectivity index (χ4n) is 3.31. The van der Waals surface area contributed by atoms with E-state index in [9.17, 15) is 13.2 Å². The number of aryl methyl sites for hydroxylation is 2. The van der Waals surface area contributed by atoms with E-state index in [1.807, 2.05) is 19.9 Å². The molecule has 0 saturated carbocycles. The van der Waals surface area contributed by atoms with Gasteiger partial charge in [-0.3, -0.25) is 4.79 Å². The molecule has 27 heavy (non-hydrogen) atoms. The molecule has 0 atom stereocenters. The second-order valence-corrected chi connectivity index (χ2v) is 9.23. The highest BCUT2D eigenvalue weighted by Gasteiger charge is 2.26. The highest BCUT2D eigenvalue weighted by atomic mass is 35.5. The molecule has 0 radical (unpaired) electrons. The molecule has 1 amide bonds. The van der Waals surface area contributed by atoms with Crippen molar-refractivity contribution in [2.45, 2.75) is 38.0 Å². The van der Waals surface area contributed by atoms with Crippen LogP contribution in [0, 0.1) is 13.8 Å². The van der Waals surface area contributed by atoms with Crippen LogP contribution in [0.5, 0.6) is 0 Å². The van der Waals surface area contributed by atoms with Crippen LogP contribution < -0.4 is 5.32 Å². The number of halogens is 1. The zero-order valence-corrected chi connectivity index (χ0v) is 17.0. The number of anilines is 1. The Morgan fingerprint density at radius 1 is 1.07 bits per heavy atom. The van der Waals surface area contributed by atoms with Crippen LogP contribution in [0.3, 0.4) is 0 Å². The number of benzene rings is 2. The van der Waals surface area contributed by atoms with E-state index >= 15 is 0 Å². The van der Waals surface area contributed by atoms with Gasteiger partial charge in [-0.15, -0.1) is 0 Å². The molecule has 1 saturated heterocycles. The fourth-order valence-corrected chi connectivity index (χ4v) is 5.24. The van der Waals surface area contributed by atoms with Crippen LogP contribution in [0.4, 0.5) is 5.69 Å². The second-order valence-electron chi connectivity index (χ2n) is 6.89. The average molecular weight is 407 g/mol. The van der Waals surface area contributed by atoms with Crippen molar-refractivity contribution in [3.05, 3.63) is 58.1 Å². The molecular weight excluding hydrogens is 384 g/mol. The van der Waals surface area contributed by atoms with E-state index in [1.54, 1.807) is 18.2 Å². The Morgan fingerprint density at radius 3 is 2.44 bits per heavy atom. The molecule has 5 nitrogen and oxygen atoms in total. The van der Waals surface area contributed by atoms with Crippen LogP contribution in [-0.4, -0.2) is 31.7 Å². The first-order valence-electron chi connectivity index (χ1n) is 8.97. The van der Waals surface area contributed by atoms with Gasteiger partial charge >= 0.3 is 0 Å². The highest BCUT2D eigenvalue weighted by molar-refractivity contribution is 7.89. The summed E-state index contributed by atoms with van der Waals surface area (Å²) in [6.07, 6.45) is 2.78. The van der Waals surface area contributed by atoms with E-state index in [0.29, 0.717) is 23.8 Å². The number of carbonyl (C=O) groups excluding carboxylic acids is 1. The van der Waals surface area contributed by atoms with Gasteiger partial charge < -0.3 is 5.32 Å². The molecule has 0 aromatic heterocycles. The average Bonchev–Trinajstić information content (AvgIpc) is 2.65. The van der Waals surface area contributed by atoms with Crippen molar-refractivity contribution >= 4 is 33.2 Å². The van der Waals surface area contributed by atoms with Gasteiger partial charge in [0.15, 0.2) is 0 Å². The highest BCUT2D eigenvalue weighted by Crippen LogP contribution is 2.28. The summed E-state index contributed by atoms with van der Waals surface area (Å²) in [6.45, 7) is 4.85. The fraction of sp³-hybridized carbons (Fsp3) is 0.350. The minimum absolute atomic E-state index is 0.142. The summed E-state index contributed by atoms with van der Waals surface area (Å²) in [6, 6.07) is 9.86. The molecule has 0 aliphatic carbocycles. The third-order valence-corrected chi connectivity index (χ3v) is 6.91. The zero-order chi connectivity index (χ0) is 19.6. The van der Waals surface area contributed by atoms with E-state index in [0.717, 1.165) is 30.4 Å². The Hall–Kier alpha value is -1.89. The third-order valence-electron chi connectivity index (χ3n) is 4.72. The Kier molecular flexibility index (Phi) is 5.89. The molecule has 1 heterocycles. The molecule has 2 aromatic carbocycles. The standard InChI is InChI=1S/C20H23ClN2O3S/c1-14-11-15(2)19(18(21)12-14)22-20(24)16-7-6-8-17(13-16)27(25,26)23-9-4-3-5-10-23/h6-8,11-13H,3-5,9-10H2,1-2H3,(H,22,24). The summed E-state index contributed by atoms with van der Waals surface area (Å²) in [4.78, 5) is 12.8. The normalized spacial score (nSPS) is 15.5. The Bertz CT molecular complexity index is 944. The number of amides is 1. The van der Waals surface area contributed by atoms with Crippen molar-refractivity contribution in [3.8, 4) is 0 Å². The van der Waals surface area contributed by atoms with Gasteiger partial charge in [-0.1, -0.05) is 30.2 Å². The molecule has 1 fully saturated rings. The topological polar surface area (TPSA) is 66.5 Å². The number of hydrogen-bond donors (Lipinski definition) is 1. The van der Waals surface area contributed by atoms with Gasteiger partial charge in [-0.2, -0.15) is 4.31 Å². The molecule has 1 N–H and O–H groups in total. The van der Waals surface area contributed by atoms with Crippen LogP contribution in [0.25, 0.3) is 0 Å². The SMILES string of the molecule is Cc1cc(C)c(NC(=O)c2cccc(S(=O)(=O)N3CCCCC3)c2)c(Cl)c1. The van der Waals surface area contributed by atoms with Crippen LogP contribution in [0.2, 0.25) is 5.02 Å². The van der Waals surface area contributed by atoms with Gasteiger partial charge in [-0.05, 0) is 62.1 Å². The predicted octanol–water partition coefficient (Wildman–Crippen LogP) is 4.38. The van der Waals surface area contributed by atoms with Crippen LogP contribution in [-0.2, 0) is 10.0 Å². The van der Waals surface area contributed by atoms with Crippen molar-refractivity contribution in [2.24, 2.45) is 0 Å². The van der Waals surface area contributed by atoms with Gasteiger partial charge in [0.05, 0.1) is 15.6 Å². The summed E-state index contributed by atoms with van der Waals surface area (Å²) >= 11 is 6.25. The largest absolute Gasteiger partial charge is 0.320 e. The second kappa shape index (κ2) is 8.00. The first-order chi connectivity index (χ1) is 12.8. The van der Waals surface area contributed by atoms with E-state index in [4.69, 9.17) is 11.6 Å². The maximum absolute atomic E-state index is 12.8. The number of nitrogens with zero attached hydrogens (tertiary/aromatic N) is 1. The van der Waals surface area contributed by atoms with Gasteiger partial charge in [0.25, 0.3) is 5.91 Å². The van der Waals surface area contributed by atoms with Gasteiger partial charge in [0.1, 0.15) is 0 Å².